The van der Waals surface area contributed by atoms with E-state index in [4.69, 9.17) is 30.8 Å². The van der Waals surface area contributed by atoms with Gasteiger partial charge in [0.15, 0.2) is 11.6 Å². The summed E-state index contributed by atoms with van der Waals surface area (Å²) in [5.41, 5.74) is 2.31. The number of carbonyl (C=O) groups is 2. The number of ether oxygens (including phenoxy) is 3. The molecule has 3 aliphatic heterocycles. The third-order valence-corrected chi connectivity index (χ3v) is 12.8. The molecule has 264 valence electrons. The number of rotatable bonds is 3. The maximum Gasteiger partial charge on any atom is 0.316 e. The van der Waals surface area contributed by atoms with Gasteiger partial charge < -0.3 is 37.9 Å². The second-order valence-electron chi connectivity index (χ2n) is 14.3. The second kappa shape index (κ2) is 14.2. The number of hydrogen-bond acceptors (Lipinski definition) is 9. The fraction of sp³-hybridized carbons (Fsp3) is 0.583. The number of methoxy groups -OCH3 is 2. The molecule has 0 radical (unpaired) electrons. The molecule has 1 saturated carbocycles. The van der Waals surface area contributed by atoms with Gasteiger partial charge in [-0.1, -0.05) is 36.7 Å². The van der Waals surface area contributed by atoms with Crippen LogP contribution in [0.5, 0.6) is 5.75 Å². The van der Waals surface area contributed by atoms with Crippen molar-refractivity contribution in [3.8, 4) is 5.75 Å². The Balaban J connectivity index is 1.25. The van der Waals surface area contributed by atoms with Gasteiger partial charge in [0, 0.05) is 37.7 Å². The largest absolute Gasteiger partial charge is 0.489 e. The standard InChI is InChI=1S/C36H45ClN5O6S/c1-22-6-4-8-30(47-3)27-11-9-24(27)17-42-20-36(15-5-7-23-16-25(37)10-12-28(23)36)21-48-31-14-13-29(38-32(31)42)33(43)40-49(45)34(22)39-35(44)41-18-26(19-41)46-2/h4,8,10,12-14,16,22,24,26-27,30,34H,5-7,9,11,15,17-21H2,1-3H3,(H,39,44)/q-1/b8-4+/t22-,24-,27+,30-,34?,36-/m0/s1. The number of halogens is 1. The molecule has 13 heteroatoms. The number of aromatic nitrogens is 1. The summed E-state index contributed by atoms with van der Waals surface area (Å²) in [5, 5.41) is 2.74. The first-order valence-corrected chi connectivity index (χ1v) is 18.8. The monoisotopic (exact) mass is 710 g/mol. The maximum absolute atomic E-state index is 13.8. The highest BCUT2D eigenvalue weighted by Gasteiger charge is 2.45. The predicted octanol–water partition coefficient (Wildman–Crippen LogP) is 5.50. The molecular weight excluding hydrogens is 666 g/mol. The molecule has 1 aromatic carbocycles. The average Bonchev–Trinajstić information content (AvgIpc) is 3.20. The molecule has 2 aliphatic carbocycles. The van der Waals surface area contributed by atoms with Crippen molar-refractivity contribution >= 4 is 40.0 Å². The van der Waals surface area contributed by atoms with Crippen LogP contribution in [0.25, 0.3) is 0 Å². The number of amides is 3. The van der Waals surface area contributed by atoms with Crippen LogP contribution in [0.1, 0.15) is 60.6 Å². The van der Waals surface area contributed by atoms with Gasteiger partial charge in [-0.05, 0) is 97.0 Å². The topological polar surface area (TPSA) is 123 Å². The first-order chi connectivity index (χ1) is 23.7. The lowest BCUT2D eigenvalue weighted by atomic mass is 9.68. The number of pyridine rings is 1. The minimum Gasteiger partial charge on any atom is -0.489 e. The van der Waals surface area contributed by atoms with E-state index in [0.29, 0.717) is 56.1 Å². The van der Waals surface area contributed by atoms with E-state index in [0.717, 1.165) is 43.7 Å². The number of benzene rings is 1. The van der Waals surface area contributed by atoms with Gasteiger partial charge in [-0.15, -0.1) is 0 Å². The Kier molecular flexibility index (Phi) is 9.93. The smallest absolute Gasteiger partial charge is 0.316 e. The predicted molar refractivity (Wildman–Crippen MR) is 187 cm³/mol. The number of allylic oxidation sites excluding steroid dienone is 1. The number of likely N-dealkylation sites (tertiary alicyclic amines) is 1. The van der Waals surface area contributed by atoms with Gasteiger partial charge in [0.25, 0.3) is 5.91 Å². The van der Waals surface area contributed by atoms with Crippen molar-refractivity contribution in [2.75, 3.05) is 51.9 Å². The Hall–Kier alpha value is -3.19. The Morgan fingerprint density at radius 1 is 1.14 bits per heavy atom. The van der Waals surface area contributed by atoms with Gasteiger partial charge in [-0.2, -0.15) is 10.6 Å². The van der Waals surface area contributed by atoms with Crippen LogP contribution < -0.4 is 15.0 Å². The zero-order valence-corrected chi connectivity index (χ0v) is 29.9. The highest BCUT2D eigenvalue weighted by atomic mass is 35.5. The van der Waals surface area contributed by atoms with Crippen molar-refractivity contribution in [3.05, 3.63) is 64.3 Å². The zero-order chi connectivity index (χ0) is 34.3. The molecule has 2 bridgehead atoms. The number of aryl methyl sites for hydroxylation is 1. The third kappa shape index (κ3) is 6.81. The summed E-state index contributed by atoms with van der Waals surface area (Å²) < 4.78 is 35.8. The summed E-state index contributed by atoms with van der Waals surface area (Å²) in [5.74, 6) is 0.863. The van der Waals surface area contributed by atoms with Gasteiger partial charge in [-0.3, -0.25) is 4.79 Å². The number of urea groups is 1. The Labute approximate surface area is 294 Å². The van der Waals surface area contributed by atoms with Crippen molar-refractivity contribution in [1.82, 2.24) is 15.2 Å². The third-order valence-electron chi connectivity index (χ3n) is 11.2. The molecule has 2 aromatic rings. The molecule has 5 aliphatic rings. The van der Waals surface area contributed by atoms with Crippen LogP contribution in [0.15, 0.2) is 46.8 Å². The van der Waals surface area contributed by atoms with E-state index in [2.05, 4.69) is 32.8 Å². The number of anilines is 1. The number of fused-ring (bicyclic) bond motifs is 4. The van der Waals surface area contributed by atoms with E-state index >= 15 is 0 Å². The van der Waals surface area contributed by atoms with E-state index in [9.17, 15) is 13.8 Å². The summed E-state index contributed by atoms with van der Waals surface area (Å²) in [4.78, 5) is 35.5. The Bertz CT molecular complexity index is 1710. The molecule has 1 spiro atoms. The maximum atomic E-state index is 13.8. The molecule has 1 aromatic heterocycles. The fourth-order valence-corrected chi connectivity index (χ4v) is 9.40. The Morgan fingerprint density at radius 3 is 2.73 bits per heavy atom. The molecule has 1 saturated heterocycles. The number of nitrogens with one attached hydrogen (secondary N) is 1. The molecule has 3 amide bonds. The van der Waals surface area contributed by atoms with E-state index in [1.54, 1.807) is 31.3 Å². The van der Waals surface area contributed by atoms with Gasteiger partial charge in [0.05, 0.1) is 31.9 Å². The van der Waals surface area contributed by atoms with Gasteiger partial charge in [0.2, 0.25) is 0 Å². The van der Waals surface area contributed by atoms with Crippen LogP contribution in [0.2, 0.25) is 5.02 Å². The molecular formula is C36H45ClN5O6S-. The van der Waals surface area contributed by atoms with Gasteiger partial charge in [-0.25, -0.2) is 9.78 Å². The highest BCUT2D eigenvalue weighted by molar-refractivity contribution is 7.75. The quantitative estimate of drug-likeness (QED) is 0.328. The van der Waals surface area contributed by atoms with E-state index < -0.39 is 21.9 Å². The van der Waals surface area contributed by atoms with Crippen LogP contribution >= 0.6 is 11.6 Å². The van der Waals surface area contributed by atoms with Crippen molar-refractivity contribution < 1.29 is 28.0 Å². The van der Waals surface area contributed by atoms with Gasteiger partial charge in [0.1, 0.15) is 5.69 Å². The molecule has 1 N–H and O–H groups in total. The number of carbonyl (C=O) groups excluding carboxylic acids is 2. The average molecular weight is 711 g/mol. The number of nitrogens with zero attached hydrogens (tertiary/aromatic N) is 4. The normalized spacial score (nSPS) is 31.3. The lowest BCUT2D eigenvalue weighted by Gasteiger charge is -2.45. The minimum absolute atomic E-state index is 0.0229. The summed E-state index contributed by atoms with van der Waals surface area (Å²) in [6.07, 6.45) is 9.59. The number of hydrogen-bond donors (Lipinski definition) is 1. The van der Waals surface area contributed by atoms with Crippen molar-refractivity contribution in [2.24, 2.45) is 22.1 Å². The summed E-state index contributed by atoms with van der Waals surface area (Å²) in [6, 6.07) is 9.21. The molecule has 7 rings (SSSR count). The van der Waals surface area contributed by atoms with Crippen LogP contribution in [-0.2, 0) is 36.1 Å². The summed E-state index contributed by atoms with van der Waals surface area (Å²) >= 11 is 6.43. The van der Waals surface area contributed by atoms with Crippen LogP contribution in [0.4, 0.5) is 10.6 Å². The lowest BCUT2D eigenvalue weighted by Crippen LogP contribution is -2.59. The molecule has 49 heavy (non-hydrogen) atoms. The van der Waals surface area contributed by atoms with Crippen LogP contribution in [-0.4, -0.2) is 86.4 Å². The lowest BCUT2D eigenvalue weighted by molar-refractivity contribution is -0.00798. The Morgan fingerprint density at radius 2 is 1.98 bits per heavy atom. The zero-order valence-electron chi connectivity index (χ0n) is 28.3. The van der Waals surface area contributed by atoms with Crippen LogP contribution in [0.3, 0.4) is 0 Å². The summed E-state index contributed by atoms with van der Waals surface area (Å²) in [6.45, 7) is 4.68. The molecule has 4 heterocycles. The van der Waals surface area contributed by atoms with Crippen molar-refractivity contribution in [3.63, 3.8) is 0 Å². The highest BCUT2D eigenvalue weighted by Crippen LogP contribution is 2.46. The van der Waals surface area contributed by atoms with Gasteiger partial charge >= 0.3 is 6.03 Å². The molecule has 11 nitrogen and oxygen atoms in total. The molecule has 1 unspecified atom stereocenters. The summed E-state index contributed by atoms with van der Waals surface area (Å²) in [7, 11) is 1.28. The minimum atomic E-state index is -2.07. The molecule has 2 fully saturated rings. The van der Waals surface area contributed by atoms with Crippen LogP contribution in [0, 0.1) is 17.8 Å². The fourth-order valence-electron chi connectivity index (χ4n) is 8.13. The van der Waals surface area contributed by atoms with Crippen molar-refractivity contribution in [2.45, 2.75) is 68.4 Å². The second-order valence-corrected chi connectivity index (χ2v) is 16.0. The SMILES string of the molecule is COC1CN(C(=O)NC2[C@@H](C)C/C=C/[C@H](OC)[C@@H]3CC[C@H]3CN3C[C@@]4(CCCc5cc(Cl)ccc54)COc4ccc(nc43)C(=O)N=[S-]2=O)C1. The first-order valence-electron chi connectivity index (χ1n) is 17.3. The first kappa shape index (κ1) is 34.3. The van der Waals surface area contributed by atoms with E-state index in [1.165, 1.54) is 11.1 Å². The van der Waals surface area contributed by atoms with E-state index in [-0.39, 0.29) is 35.3 Å². The van der Waals surface area contributed by atoms with E-state index in [1.807, 2.05) is 19.1 Å². The van der Waals surface area contributed by atoms with Crippen molar-refractivity contribution in [1.29, 1.82) is 0 Å². The molecule has 6 atom stereocenters.